The van der Waals surface area contributed by atoms with E-state index in [0.717, 1.165) is 5.56 Å². The van der Waals surface area contributed by atoms with Gasteiger partial charge in [-0.25, -0.2) is 0 Å². The van der Waals surface area contributed by atoms with Crippen LogP contribution in [0.4, 0.5) is 5.69 Å². The fraction of sp³-hybridized carbons (Fsp3) is 0.143. The zero-order valence-electron chi connectivity index (χ0n) is 10.7. The lowest BCUT2D eigenvalue weighted by molar-refractivity contribution is 0.373. The number of benzene rings is 2. The van der Waals surface area contributed by atoms with Gasteiger partial charge in [0.15, 0.2) is 17.2 Å². The van der Waals surface area contributed by atoms with Gasteiger partial charge in [0.2, 0.25) is 0 Å². The first kappa shape index (κ1) is 14.6. The molecule has 0 atom stereocenters. The van der Waals surface area contributed by atoms with E-state index in [-0.39, 0.29) is 21.5 Å². The molecule has 0 radical (unpaired) electrons. The highest BCUT2D eigenvalue weighted by Crippen LogP contribution is 2.35. The summed E-state index contributed by atoms with van der Waals surface area (Å²) >= 11 is 11.7. The van der Waals surface area contributed by atoms with Crippen molar-refractivity contribution in [2.24, 2.45) is 0 Å². The first-order chi connectivity index (χ1) is 9.51. The van der Waals surface area contributed by atoms with Crippen molar-refractivity contribution in [1.82, 2.24) is 0 Å². The maximum Gasteiger partial charge on any atom is 0.160 e. The normalized spacial score (nSPS) is 10.3. The smallest absolute Gasteiger partial charge is 0.160 e. The van der Waals surface area contributed by atoms with Crippen molar-refractivity contribution in [1.29, 1.82) is 0 Å². The van der Waals surface area contributed by atoms with Gasteiger partial charge in [0, 0.05) is 12.2 Å². The highest BCUT2D eigenvalue weighted by molar-refractivity contribution is 6.37. The lowest BCUT2D eigenvalue weighted by Gasteiger charge is -2.10. The van der Waals surface area contributed by atoms with Crippen LogP contribution in [0.3, 0.4) is 0 Å². The van der Waals surface area contributed by atoms with Crippen LogP contribution in [0.1, 0.15) is 5.56 Å². The summed E-state index contributed by atoms with van der Waals surface area (Å²) in [5.41, 5.74) is 1.54. The first-order valence-electron chi connectivity index (χ1n) is 5.79. The monoisotopic (exact) mass is 313 g/mol. The number of methoxy groups -OCH3 is 1. The molecule has 0 fully saturated rings. The second-order valence-electron chi connectivity index (χ2n) is 4.15. The predicted octanol–water partition coefficient (Wildman–Crippen LogP) is 4.03. The Kier molecular flexibility index (Phi) is 4.47. The van der Waals surface area contributed by atoms with Crippen LogP contribution in [0.25, 0.3) is 0 Å². The SMILES string of the molecule is COc1ccc(CNc2cc(Cl)c(O)c(Cl)c2)cc1O. The topological polar surface area (TPSA) is 61.7 Å². The van der Waals surface area contributed by atoms with Crippen LogP contribution in [-0.4, -0.2) is 17.3 Å². The highest BCUT2D eigenvalue weighted by atomic mass is 35.5. The summed E-state index contributed by atoms with van der Waals surface area (Å²) in [7, 11) is 1.49. The summed E-state index contributed by atoms with van der Waals surface area (Å²) in [6, 6.07) is 8.27. The minimum absolute atomic E-state index is 0.0774. The standard InChI is InChI=1S/C14H13Cl2NO3/c1-20-13-3-2-8(4-12(13)18)7-17-9-5-10(15)14(19)11(16)6-9/h2-6,17-19H,7H2,1H3. The van der Waals surface area contributed by atoms with Gasteiger partial charge >= 0.3 is 0 Å². The van der Waals surface area contributed by atoms with Gasteiger partial charge in [-0.2, -0.15) is 0 Å². The molecule has 0 saturated carbocycles. The van der Waals surface area contributed by atoms with E-state index in [2.05, 4.69) is 5.32 Å². The lowest BCUT2D eigenvalue weighted by atomic mass is 10.2. The van der Waals surface area contributed by atoms with Crippen molar-refractivity contribution in [3.8, 4) is 17.2 Å². The zero-order chi connectivity index (χ0) is 14.7. The Morgan fingerprint density at radius 3 is 2.30 bits per heavy atom. The van der Waals surface area contributed by atoms with Crippen molar-refractivity contribution in [2.75, 3.05) is 12.4 Å². The molecule has 0 amide bonds. The molecule has 2 aromatic rings. The van der Waals surface area contributed by atoms with Crippen LogP contribution >= 0.6 is 23.2 Å². The Labute approximate surface area is 126 Å². The second kappa shape index (κ2) is 6.11. The van der Waals surface area contributed by atoms with E-state index in [1.54, 1.807) is 24.3 Å². The Bertz CT molecular complexity index is 609. The molecule has 106 valence electrons. The van der Waals surface area contributed by atoms with Gasteiger partial charge in [0.25, 0.3) is 0 Å². The van der Waals surface area contributed by atoms with Gasteiger partial charge in [-0.15, -0.1) is 0 Å². The van der Waals surface area contributed by atoms with Crippen LogP contribution in [0.15, 0.2) is 30.3 Å². The van der Waals surface area contributed by atoms with Gasteiger partial charge in [-0.05, 0) is 29.8 Å². The Balaban J connectivity index is 2.11. The molecule has 0 unspecified atom stereocenters. The molecule has 3 N–H and O–H groups in total. The number of aromatic hydroxyl groups is 2. The number of hydrogen-bond donors (Lipinski definition) is 3. The van der Waals surface area contributed by atoms with Crippen LogP contribution in [0.2, 0.25) is 10.0 Å². The average Bonchev–Trinajstić information content (AvgIpc) is 2.42. The molecule has 0 aliphatic carbocycles. The lowest BCUT2D eigenvalue weighted by Crippen LogP contribution is -1.99. The summed E-state index contributed by atoms with van der Waals surface area (Å²) in [5, 5.41) is 22.6. The summed E-state index contributed by atoms with van der Waals surface area (Å²) in [6.45, 7) is 0.467. The number of halogens is 2. The molecular formula is C14H13Cl2NO3. The molecule has 2 aromatic carbocycles. The van der Waals surface area contributed by atoms with E-state index in [1.165, 1.54) is 7.11 Å². The molecule has 4 nitrogen and oxygen atoms in total. The number of ether oxygens (including phenoxy) is 1. The number of nitrogens with one attached hydrogen (secondary N) is 1. The number of phenolic OH excluding ortho intramolecular Hbond substituents is 2. The summed E-state index contributed by atoms with van der Waals surface area (Å²) < 4.78 is 4.97. The van der Waals surface area contributed by atoms with E-state index >= 15 is 0 Å². The van der Waals surface area contributed by atoms with Gasteiger partial charge in [-0.3, -0.25) is 0 Å². The highest BCUT2D eigenvalue weighted by Gasteiger charge is 2.07. The van der Waals surface area contributed by atoms with Gasteiger partial charge in [0.1, 0.15) is 0 Å². The van der Waals surface area contributed by atoms with Crippen LogP contribution < -0.4 is 10.1 Å². The fourth-order valence-corrected chi connectivity index (χ4v) is 2.20. The molecule has 0 aromatic heterocycles. The van der Waals surface area contributed by atoms with Crippen LogP contribution in [0, 0.1) is 0 Å². The van der Waals surface area contributed by atoms with Crippen molar-refractivity contribution in [3.63, 3.8) is 0 Å². The number of phenols is 2. The van der Waals surface area contributed by atoms with Gasteiger partial charge in [0.05, 0.1) is 17.2 Å². The summed E-state index contributed by atoms with van der Waals surface area (Å²) in [4.78, 5) is 0. The molecule has 0 spiro atoms. The second-order valence-corrected chi connectivity index (χ2v) is 4.96. The Morgan fingerprint density at radius 2 is 1.75 bits per heavy atom. The Hall–Kier alpha value is -1.78. The Morgan fingerprint density at radius 1 is 1.10 bits per heavy atom. The minimum atomic E-state index is -0.138. The molecule has 6 heteroatoms. The molecule has 0 heterocycles. The number of hydrogen-bond acceptors (Lipinski definition) is 4. The van der Waals surface area contributed by atoms with E-state index in [0.29, 0.717) is 18.0 Å². The summed E-state index contributed by atoms with van der Waals surface area (Å²) in [6.07, 6.45) is 0. The van der Waals surface area contributed by atoms with Crippen molar-refractivity contribution >= 4 is 28.9 Å². The largest absolute Gasteiger partial charge is 0.505 e. The fourth-order valence-electron chi connectivity index (χ4n) is 1.72. The molecule has 0 bridgehead atoms. The molecule has 2 rings (SSSR count). The van der Waals surface area contributed by atoms with E-state index in [1.807, 2.05) is 6.07 Å². The molecule has 20 heavy (non-hydrogen) atoms. The van der Waals surface area contributed by atoms with Crippen LogP contribution in [0.5, 0.6) is 17.2 Å². The quantitative estimate of drug-likeness (QED) is 0.746. The summed E-state index contributed by atoms with van der Waals surface area (Å²) in [5.74, 6) is 0.360. The van der Waals surface area contributed by atoms with Gasteiger partial charge in [-0.1, -0.05) is 29.3 Å². The average molecular weight is 314 g/mol. The molecule has 0 saturated heterocycles. The molecule has 0 aliphatic heterocycles. The van der Waals surface area contributed by atoms with E-state index in [9.17, 15) is 10.2 Å². The van der Waals surface area contributed by atoms with Crippen LogP contribution in [-0.2, 0) is 6.54 Å². The number of anilines is 1. The zero-order valence-corrected chi connectivity index (χ0v) is 12.2. The molecular weight excluding hydrogens is 301 g/mol. The maximum absolute atomic E-state index is 9.69. The van der Waals surface area contributed by atoms with Gasteiger partial charge < -0.3 is 20.3 Å². The third-order valence-corrected chi connectivity index (χ3v) is 3.33. The predicted molar refractivity (Wildman–Crippen MR) is 80.1 cm³/mol. The minimum Gasteiger partial charge on any atom is -0.505 e. The van der Waals surface area contributed by atoms with Crippen molar-refractivity contribution < 1.29 is 14.9 Å². The molecule has 0 aliphatic rings. The third kappa shape index (κ3) is 3.21. The van der Waals surface area contributed by atoms with Crippen molar-refractivity contribution in [3.05, 3.63) is 45.9 Å². The maximum atomic E-state index is 9.69. The number of rotatable bonds is 4. The third-order valence-electron chi connectivity index (χ3n) is 2.76. The first-order valence-corrected chi connectivity index (χ1v) is 6.54. The van der Waals surface area contributed by atoms with E-state index in [4.69, 9.17) is 27.9 Å². The van der Waals surface area contributed by atoms with E-state index < -0.39 is 0 Å². The van der Waals surface area contributed by atoms with Crippen molar-refractivity contribution in [2.45, 2.75) is 6.54 Å².